The fraction of sp³-hybridized carbons (Fsp3) is 0.750. The number of carbonyl (C=O) groups excluding carboxylic acids is 2. The molecule has 0 fully saturated rings. The third-order valence-corrected chi connectivity index (χ3v) is 2.40. The lowest BCUT2D eigenvalue weighted by Gasteiger charge is -2.20. The lowest BCUT2D eigenvalue weighted by Crippen LogP contribution is -2.41. The summed E-state index contributed by atoms with van der Waals surface area (Å²) in [4.78, 5) is 21.6. The number of carbonyl (C=O) groups is 2. The molecular weight excluding hydrogens is 233 g/mol. The zero-order valence-corrected chi connectivity index (χ0v) is 8.77. The van der Waals surface area contributed by atoms with Gasteiger partial charge in [0.1, 0.15) is 0 Å². The van der Waals surface area contributed by atoms with Crippen LogP contribution in [0.15, 0.2) is 0 Å². The van der Waals surface area contributed by atoms with Gasteiger partial charge in [0.2, 0.25) is 0 Å². The number of rotatable bonds is 5. The molecule has 2 atom stereocenters. The molecule has 2 unspecified atom stereocenters. The maximum Gasteiger partial charge on any atom is 0.390 e. The van der Waals surface area contributed by atoms with Gasteiger partial charge in [-0.15, -0.1) is 0 Å². The average Bonchev–Trinajstić information content (AvgIpc) is 2.10. The molecule has 7 heteroatoms. The molecule has 0 aliphatic rings. The number of carboxylic acid groups (broad SMARTS) is 1. The Kier molecular flexibility index (Phi) is 5.13. The van der Waals surface area contributed by atoms with Crippen LogP contribution in [-0.2, 0) is 9.59 Å². The summed E-state index contributed by atoms with van der Waals surface area (Å²) in [7, 11) is 0. The quantitative estimate of drug-likeness (QED) is 0.567. The molecule has 0 radical (unpaired) electrons. The van der Waals surface area contributed by atoms with Crippen LogP contribution >= 0.6 is 12.6 Å². The number of carboxylic acids is 1. The molecule has 0 aliphatic heterocycles. The van der Waals surface area contributed by atoms with E-state index in [-0.39, 0.29) is 6.42 Å². The minimum absolute atomic E-state index is 0.170. The van der Waals surface area contributed by atoms with Crippen LogP contribution in [0.5, 0.6) is 0 Å². The Bertz CT molecular complexity index is 252. The van der Waals surface area contributed by atoms with Crippen LogP contribution in [0.1, 0.15) is 19.8 Å². The van der Waals surface area contributed by atoms with Gasteiger partial charge in [0.05, 0.1) is 23.6 Å². The van der Waals surface area contributed by atoms with E-state index in [0.29, 0.717) is 0 Å². The van der Waals surface area contributed by atoms with Crippen LogP contribution in [0.3, 0.4) is 0 Å². The van der Waals surface area contributed by atoms with Crippen LogP contribution in [0.25, 0.3) is 0 Å². The third kappa shape index (κ3) is 5.06. The fourth-order valence-corrected chi connectivity index (χ4v) is 1.14. The first-order valence-corrected chi connectivity index (χ1v) is 4.70. The number of thiol groups is 1. The Morgan fingerprint density at radius 2 is 1.87 bits per heavy atom. The summed E-state index contributed by atoms with van der Waals surface area (Å²) in [6.45, 7) is 1.52. The number of Topliss-reactive ketones (excluding diaryl/α,β-unsaturated/α-hetero) is 1. The molecule has 0 heterocycles. The van der Waals surface area contributed by atoms with E-state index in [1.807, 2.05) is 0 Å². The molecule has 0 aliphatic carbocycles. The molecule has 3 nitrogen and oxygen atoms in total. The number of ketones is 1. The van der Waals surface area contributed by atoms with Gasteiger partial charge >= 0.3 is 6.18 Å². The highest BCUT2D eigenvalue weighted by molar-refractivity contribution is 7.81. The van der Waals surface area contributed by atoms with Gasteiger partial charge in [0.15, 0.2) is 5.78 Å². The number of hydrogen-bond donors (Lipinski definition) is 1. The van der Waals surface area contributed by atoms with Crippen LogP contribution in [0.4, 0.5) is 13.2 Å². The topological polar surface area (TPSA) is 57.2 Å². The third-order valence-electron chi connectivity index (χ3n) is 1.78. The summed E-state index contributed by atoms with van der Waals surface area (Å²) < 4.78 is 35.8. The predicted octanol–water partition coefficient (Wildman–Crippen LogP) is 0.582. The van der Waals surface area contributed by atoms with Crippen molar-refractivity contribution in [3.63, 3.8) is 0 Å². The molecule has 88 valence electrons. The van der Waals surface area contributed by atoms with Crippen LogP contribution in [0, 0.1) is 5.92 Å². The SMILES string of the molecule is CCC(S)C(=O)C(CC(F)(F)F)C(=O)[O-]. The summed E-state index contributed by atoms with van der Waals surface area (Å²) in [5.41, 5.74) is 0. The maximum atomic E-state index is 11.9. The molecule has 0 saturated carbocycles. The molecule has 0 rings (SSSR count). The van der Waals surface area contributed by atoms with Crippen molar-refractivity contribution in [1.82, 2.24) is 0 Å². The summed E-state index contributed by atoms with van der Waals surface area (Å²) in [6.07, 6.45) is -6.24. The lowest BCUT2D eigenvalue weighted by molar-refractivity contribution is -0.312. The molecule has 0 spiro atoms. The van der Waals surface area contributed by atoms with E-state index in [1.165, 1.54) is 6.92 Å². The summed E-state index contributed by atoms with van der Waals surface area (Å²) in [6, 6.07) is 0. The summed E-state index contributed by atoms with van der Waals surface area (Å²) >= 11 is 3.70. The van der Waals surface area contributed by atoms with E-state index < -0.39 is 35.5 Å². The predicted molar refractivity (Wildman–Crippen MR) is 47.2 cm³/mol. The molecule has 0 bridgehead atoms. The van der Waals surface area contributed by atoms with Crippen molar-refractivity contribution >= 4 is 24.4 Å². The Morgan fingerprint density at radius 1 is 1.40 bits per heavy atom. The second-order valence-electron chi connectivity index (χ2n) is 3.02. The highest BCUT2D eigenvalue weighted by atomic mass is 32.1. The highest BCUT2D eigenvalue weighted by Gasteiger charge is 2.37. The van der Waals surface area contributed by atoms with Crippen LogP contribution < -0.4 is 5.11 Å². The van der Waals surface area contributed by atoms with Gasteiger partial charge < -0.3 is 9.90 Å². The molecule has 15 heavy (non-hydrogen) atoms. The summed E-state index contributed by atoms with van der Waals surface area (Å²) in [5, 5.41) is 9.37. The van der Waals surface area contributed by atoms with E-state index in [1.54, 1.807) is 0 Å². The smallest absolute Gasteiger partial charge is 0.390 e. The second-order valence-corrected chi connectivity index (χ2v) is 3.64. The number of aliphatic carboxylic acids is 1. The normalized spacial score (nSPS) is 15.8. The van der Waals surface area contributed by atoms with E-state index in [9.17, 15) is 27.9 Å². The lowest BCUT2D eigenvalue weighted by atomic mass is 9.96. The molecule has 0 N–H and O–H groups in total. The van der Waals surface area contributed by atoms with Crippen LogP contribution in [-0.4, -0.2) is 23.2 Å². The van der Waals surface area contributed by atoms with Gasteiger partial charge in [0.25, 0.3) is 0 Å². The highest BCUT2D eigenvalue weighted by Crippen LogP contribution is 2.26. The minimum Gasteiger partial charge on any atom is -0.549 e. The Hall–Kier alpha value is -0.720. The van der Waals surface area contributed by atoms with Crippen molar-refractivity contribution in [2.24, 2.45) is 5.92 Å². The molecule has 0 amide bonds. The Morgan fingerprint density at radius 3 is 2.13 bits per heavy atom. The van der Waals surface area contributed by atoms with Crippen LogP contribution in [0.2, 0.25) is 0 Å². The van der Waals surface area contributed by atoms with Crippen molar-refractivity contribution in [2.45, 2.75) is 31.2 Å². The first-order chi connectivity index (χ1) is 6.69. The number of halogens is 3. The van der Waals surface area contributed by atoms with Crippen molar-refractivity contribution in [3.8, 4) is 0 Å². The number of alkyl halides is 3. The van der Waals surface area contributed by atoms with Gasteiger partial charge in [-0.2, -0.15) is 25.8 Å². The van der Waals surface area contributed by atoms with Gasteiger partial charge in [-0.3, -0.25) is 4.79 Å². The molecular formula is C8H10F3O3S-. The zero-order chi connectivity index (χ0) is 12.2. The average molecular weight is 243 g/mol. The fourth-order valence-electron chi connectivity index (χ4n) is 0.965. The van der Waals surface area contributed by atoms with E-state index >= 15 is 0 Å². The monoisotopic (exact) mass is 243 g/mol. The van der Waals surface area contributed by atoms with Gasteiger partial charge in [0, 0.05) is 0 Å². The first-order valence-electron chi connectivity index (χ1n) is 4.18. The maximum absolute atomic E-state index is 11.9. The minimum atomic E-state index is -4.71. The number of hydrogen-bond acceptors (Lipinski definition) is 4. The Labute approximate surface area is 90.1 Å². The Balaban J connectivity index is 4.68. The van der Waals surface area contributed by atoms with E-state index in [2.05, 4.69) is 12.6 Å². The van der Waals surface area contributed by atoms with Crippen molar-refractivity contribution < 1.29 is 27.9 Å². The molecule has 0 aromatic heterocycles. The van der Waals surface area contributed by atoms with Crippen molar-refractivity contribution in [3.05, 3.63) is 0 Å². The molecule has 0 aromatic rings. The van der Waals surface area contributed by atoms with Crippen molar-refractivity contribution in [1.29, 1.82) is 0 Å². The summed E-state index contributed by atoms with van der Waals surface area (Å²) in [5.74, 6) is -5.23. The molecule has 0 aromatic carbocycles. The van der Waals surface area contributed by atoms with Gasteiger partial charge in [-0.05, 0) is 6.42 Å². The largest absolute Gasteiger partial charge is 0.549 e. The van der Waals surface area contributed by atoms with E-state index in [4.69, 9.17) is 0 Å². The molecule has 0 saturated heterocycles. The first kappa shape index (κ1) is 14.3. The van der Waals surface area contributed by atoms with Crippen molar-refractivity contribution in [2.75, 3.05) is 0 Å². The second kappa shape index (κ2) is 5.39. The standard InChI is InChI=1S/C8H11F3O3S/c1-2-5(15)6(12)4(7(13)14)3-8(9,10)11/h4-5,15H,2-3H2,1H3,(H,13,14)/p-1. The van der Waals surface area contributed by atoms with Gasteiger partial charge in [-0.25, -0.2) is 0 Å². The zero-order valence-electron chi connectivity index (χ0n) is 7.87. The van der Waals surface area contributed by atoms with Gasteiger partial charge in [-0.1, -0.05) is 6.92 Å². The van der Waals surface area contributed by atoms with E-state index in [0.717, 1.165) is 0 Å².